The normalized spacial score (nSPS) is 13.5. The molecular formula is C23H20N2O2S2. The summed E-state index contributed by atoms with van der Waals surface area (Å²) in [5, 5.41) is 3.01. The number of rotatable bonds is 7. The highest BCUT2D eigenvalue weighted by Crippen LogP contribution is 2.37. The Bertz CT molecular complexity index is 1080. The summed E-state index contributed by atoms with van der Waals surface area (Å²) in [5.74, 6) is 0.975. The molecule has 1 aliphatic rings. The number of hydrogen-bond acceptors (Lipinski definition) is 5. The molecule has 1 saturated carbocycles. The van der Waals surface area contributed by atoms with Gasteiger partial charge in [0.1, 0.15) is 10.8 Å². The van der Waals surface area contributed by atoms with Crippen molar-refractivity contribution in [2.45, 2.75) is 31.8 Å². The lowest BCUT2D eigenvalue weighted by Gasteiger charge is -2.21. The summed E-state index contributed by atoms with van der Waals surface area (Å²) in [7, 11) is 0. The summed E-state index contributed by atoms with van der Waals surface area (Å²) in [6.07, 6.45) is 4.18. The lowest BCUT2D eigenvalue weighted by atomic mass is 10.2. The van der Waals surface area contributed by atoms with Gasteiger partial charge in [0.05, 0.1) is 29.8 Å². The molecule has 1 aliphatic carbocycles. The minimum Gasteiger partial charge on any atom is -0.467 e. The first-order chi connectivity index (χ1) is 14.3. The molecular weight excluding hydrogens is 400 g/mol. The Kier molecular flexibility index (Phi) is 5.04. The third-order valence-electron chi connectivity index (χ3n) is 5.00. The average molecular weight is 421 g/mol. The number of nitrogens with zero attached hydrogens (tertiary/aromatic N) is 2. The van der Waals surface area contributed by atoms with Crippen LogP contribution in [-0.4, -0.2) is 21.8 Å². The van der Waals surface area contributed by atoms with Crippen LogP contribution < -0.4 is 0 Å². The van der Waals surface area contributed by atoms with Crippen LogP contribution in [0.25, 0.3) is 21.1 Å². The molecule has 29 heavy (non-hydrogen) atoms. The van der Waals surface area contributed by atoms with E-state index < -0.39 is 0 Å². The summed E-state index contributed by atoms with van der Waals surface area (Å²) in [5.41, 5.74) is 2.02. The van der Waals surface area contributed by atoms with Crippen molar-refractivity contribution >= 4 is 28.6 Å². The zero-order valence-electron chi connectivity index (χ0n) is 15.8. The predicted octanol–water partition coefficient (Wildman–Crippen LogP) is 5.87. The van der Waals surface area contributed by atoms with Gasteiger partial charge in [0.2, 0.25) is 5.91 Å². The van der Waals surface area contributed by atoms with Crippen LogP contribution in [0.5, 0.6) is 0 Å². The first kappa shape index (κ1) is 18.3. The Morgan fingerprint density at radius 3 is 2.66 bits per heavy atom. The Morgan fingerprint density at radius 1 is 1.10 bits per heavy atom. The van der Waals surface area contributed by atoms with Crippen molar-refractivity contribution < 1.29 is 9.21 Å². The van der Waals surface area contributed by atoms with Gasteiger partial charge in [-0.15, -0.1) is 22.7 Å². The van der Waals surface area contributed by atoms with Crippen molar-refractivity contribution in [1.29, 1.82) is 0 Å². The van der Waals surface area contributed by atoms with E-state index in [0.717, 1.165) is 44.6 Å². The topological polar surface area (TPSA) is 46.3 Å². The fourth-order valence-corrected chi connectivity index (χ4v) is 5.28. The standard InChI is InChI=1S/C23H20N2O2S2/c26-21(25(17-10-11-17)15-18-8-4-12-27-18)14-20-22(19-9-5-13-28-19)24-23(29-20)16-6-2-1-3-7-16/h1-9,12-13,17H,10-11,14-15H2. The van der Waals surface area contributed by atoms with Crippen LogP contribution >= 0.6 is 22.7 Å². The highest BCUT2D eigenvalue weighted by atomic mass is 32.1. The van der Waals surface area contributed by atoms with Gasteiger partial charge >= 0.3 is 0 Å². The van der Waals surface area contributed by atoms with Gasteiger partial charge in [-0.25, -0.2) is 4.98 Å². The smallest absolute Gasteiger partial charge is 0.228 e. The van der Waals surface area contributed by atoms with E-state index in [1.54, 1.807) is 28.9 Å². The maximum Gasteiger partial charge on any atom is 0.228 e. The first-order valence-electron chi connectivity index (χ1n) is 9.69. The number of aromatic nitrogens is 1. The van der Waals surface area contributed by atoms with Crippen LogP contribution in [0, 0.1) is 0 Å². The molecule has 0 spiro atoms. The van der Waals surface area contributed by atoms with Crippen molar-refractivity contribution in [3.63, 3.8) is 0 Å². The monoisotopic (exact) mass is 420 g/mol. The van der Waals surface area contributed by atoms with Crippen LogP contribution in [0.3, 0.4) is 0 Å². The van der Waals surface area contributed by atoms with E-state index in [1.165, 1.54) is 0 Å². The second-order valence-electron chi connectivity index (χ2n) is 7.14. The third kappa shape index (κ3) is 4.04. The molecule has 3 heterocycles. The van der Waals surface area contributed by atoms with Crippen LogP contribution in [0.15, 0.2) is 70.7 Å². The number of thiazole rings is 1. The van der Waals surface area contributed by atoms with Gasteiger partial charge in [-0.05, 0) is 36.4 Å². The van der Waals surface area contributed by atoms with E-state index in [0.29, 0.717) is 19.0 Å². The number of hydrogen-bond donors (Lipinski definition) is 0. The molecule has 5 rings (SSSR count). The molecule has 3 aromatic heterocycles. The SMILES string of the molecule is O=C(Cc1sc(-c2ccccc2)nc1-c1cccs1)N(Cc1ccco1)C1CC1. The van der Waals surface area contributed by atoms with Crippen LogP contribution in [0.1, 0.15) is 23.5 Å². The number of carbonyl (C=O) groups excluding carboxylic acids is 1. The van der Waals surface area contributed by atoms with Crippen molar-refractivity contribution in [2.75, 3.05) is 0 Å². The van der Waals surface area contributed by atoms with Gasteiger partial charge in [0.25, 0.3) is 0 Å². The fraction of sp³-hybridized carbons (Fsp3) is 0.217. The lowest BCUT2D eigenvalue weighted by molar-refractivity contribution is -0.131. The second-order valence-corrected chi connectivity index (χ2v) is 9.17. The van der Waals surface area contributed by atoms with Gasteiger partial charge in [0, 0.05) is 16.5 Å². The van der Waals surface area contributed by atoms with Crippen molar-refractivity contribution in [2.24, 2.45) is 0 Å². The molecule has 1 amide bonds. The molecule has 0 radical (unpaired) electrons. The fourth-order valence-electron chi connectivity index (χ4n) is 3.40. The number of benzene rings is 1. The molecule has 0 unspecified atom stereocenters. The van der Waals surface area contributed by atoms with E-state index in [-0.39, 0.29) is 5.91 Å². The molecule has 0 aliphatic heterocycles. The Balaban J connectivity index is 1.45. The molecule has 4 aromatic rings. The third-order valence-corrected chi connectivity index (χ3v) is 6.98. The summed E-state index contributed by atoms with van der Waals surface area (Å²) in [4.78, 5) is 22.3. The molecule has 6 heteroatoms. The zero-order chi connectivity index (χ0) is 19.6. The Labute approximate surface area is 177 Å². The largest absolute Gasteiger partial charge is 0.467 e. The van der Waals surface area contributed by atoms with Gasteiger partial charge < -0.3 is 9.32 Å². The minimum atomic E-state index is 0.143. The Morgan fingerprint density at radius 2 is 1.97 bits per heavy atom. The molecule has 0 bridgehead atoms. The molecule has 1 fully saturated rings. The molecule has 1 aromatic carbocycles. The maximum absolute atomic E-state index is 13.3. The highest BCUT2D eigenvalue weighted by molar-refractivity contribution is 7.17. The summed E-state index contributed by atoms with van der Waals surface area (Å²) >= 11 is 3.28. The molecule has 0 atom stereocenters. The van der Waals surface area contributed by atoms with E-state index in [9.17, 15) is 4.79 Å². The van der Waals surface area contributed by atoms with E-state index in [4.69, 9.17) is 9.40 Å². The van der Waals surface area contributed by atoms with E-state index >= 15 is 0 Å². The van der Waals surface area contributed by atoms with Crippen LogP contribution in [0.2, 0.25) is 0 Å². The number of carbonyl (C=O) groups is 1. The van der Waals surface area contributed by atoms with Crippen LogP contribution in [0.4, 0.5) is 0 Å². The summed E-state index contributed by atoms with van der Waals surface area (Å²) in [6, 6.07) is 18.4. The summed E-state index contributed by atoms with van der Waals surface area (Å²) in [6.45, 7) is 0.537. The zero-order valence-corrected chi connectivity index (χ0v) is 17.4. The van der Waals surface area contributed by atoms with Gasteiger partial charge in [0.15, 0.2) is 0 Å². The number of thiophene rings is 1. The molecule has 0 saturated heterocycles. The molecule has 4 nitrogen and oxygen atoms in total. The summed E-state index contributed by atoms with van der Waals surface area (Å²) < 4.78 is 5.48. The number of amides is 1. The minimum absolute atomic E-state index is 0.143. The quantitative estimate of drug-likeness (QED) is 0.376. The van der Waals surface area contributed by atoms with Gasteiger partial charge in [-0.3, -0.25) is 4.79 Å². The lowest BCUT2D eigenvalue weighted by Crippen LogP contribution is -2.33. The molecule has 146 valence electrons. The molecule has 0 N–H and O–H groups in total. The van der Waals surface area contributed by atoms with Crippen LogP contribution in [-0.2, 0) is 17.8 Å². The Hall–Kier alpha value is -2.70. The van der Waals surface area contributed by atoms with Gasteiger partial charge in [-0.2, -0.15) is 0 Å². The van der Waals surface area contributed by atoms with Crippen molar-refractivity contribution in [3.05, 3.63) is 76.9 Å². The van der Waals surface area contributed by atoms with E-state index in [2.05, 4.69) is 23.6 Å². The maximum atomic E-state index is 13.3. The van der Waals surface area contributed by atoms with Crippen molar-refractivity contribution in [3.8, 4) is 21.1 Å². The predicted molar refractivity (Wildman–Crippen MR) is 117 cm³/mol. The number of furan rings is 1. The average Bonchev–Trinajstić information content (AvgIpc) is 3.16. The second kappa shape index (κ2) is 7.97. The highest BCUT2D eigenvalue weighted by Gasteiger charge is 2.33. The van der Waals surface area contributed by atoms with E-state index in [1.807, 2.05) is 41.3 Å². The first-order valence-corrected chi connectivity index (χ1v) is 11.4. The van der Waals surface area contributed by atoms with Crippen molar-refractivity contribution in [1.82, 2.24) is 9.88 Å². The van der Waals surface area contributed by atoms with Gasteiger partial charge in [-0.1, -0.05) is 36.4 Å².